The number of furan rings is 1. The predicted octanol–water partition coefficient (Wildman–Crippen LogP) is 4.54. The zero-order valence-corrected chi connectivity index (χ0v) is 10.0. The molecule has 1 aromatic heterocycles. The van der Waals surface area contributed by atoms with Crippen molar-refractivity contribution < 1.29 is 4.42 Å². The van der Waals surface area contributed by atoms with Gasteiger partial charge in [0.1, 0.15) is 5.76 Å². The van der Waals surface area contributed by atoms with E-state index in [0.29, 0.717) is 0 Å². The summed E-state index contributed by atoms with van der Waals surface area (Å²) in [4.78, 5) is 0. The average molecular weight is 234 g/mol. The summed E-state index contributed by atoms with van der Waals surface area (Å²) in [5, 5.41) is 0. The topological polar surface area (TPSA) is 13.1 Å². The van der Waals surface area contributed by atoms with Gasteiger partial charge >= 0.3 is 0 Å². The van der Waals surface area contributed by atoms with Crippen LogP contribution in [0.25, 0.3) is 11.3 Å². The number of hydrogen-bond donors (Lipinski definition) is 0. The van der Waals surface area contributed by atoms with Gasteiger partial charge in [0.05, 0.1) is 6.26 Å². The Labute approximate surface area is 107 Å². The van der Waals surface area contributed by atoms with Crippen LogP contribution in [0.3, 0.4) is 0 Å². The van der Waals surface area contributed by atoms with Crippen molar-refractivity contribution >= 4 is 0 Å². The van der Waals surface area contributed by atoms with E-state index in [1.165, 1.54) is 11.1 Å². The third kappa shape index (κ3) is 2.21. The second-order valence-corrected chi connectivity index (χ2v) is 4.30. The normalized spacial score (nSPS) is 10.4. The Hall–Kier alpha value is -2.28. The first-order chi connectivity index (χ1) is 8.93. The molecule has 0 atom stereocenters. The van der Waals surface area contributed by atoms with E-state index in [2.05, 4.69) is 42.5 Å². The number of benzene rings is 2. The van der Waals surface area contributed by atoms with Crippen molar-refractivity contribution in [2.75, 3.05) is 0 Å². The van der Waals surface area contributed by atoms with Gasteiger partial charge < -0.3 is 4.42 Å². The fourth-order valence-corrected chi connectivity index (χ4v) is 2.13. The van der Waals surface area contributed by atoms with Crippen molar-refractivity contribution in [2.24, 2.45) is 0 Å². The third-order valence-electron chi connectivity index (χ3n) is 3.02. The molecule has 2 aromatic carbocycles. The monoisotopic (exact) mass is 234 g/mol. The van der Waals surface area contributed by atoms with Crippen molar-refractivity contribution in [1.82, 2.24) is 0 Å². The smallest absolute Gasteiger partial charge is 0.137 e. The molecule has 0 aliphatic heterocycles. The van der Waals surface area contributed by atoms with Gasteiger partial charge in [0.15, 0.2) is 0 Å². The molecule has 0 unspecified atom stereocenters. The van der Waals surface area contributed by atoms with Crippen LogP contribution in [-0.2, 0) is 6.42 Å². The zero-order chi connectivity index (χ0) is 12.2. The molecule has 0 N–H and O–H groups in total. The van der Waals surface area contributed by atoms with E-state index in [1.807, 2.05) is 24.3 Å². The molecular weight excluding hydrogens is 220 g/mol. The second kappa shape index (κ2) is 4.92. The highest BCUT2D eigenvalue weighted by molar-refractivity contribution is 5.61. The van der Waals surface area contributed by atoms with E-state index in [1.54, 1.807) is 6.26 Å². The summed E-state index contributed by atoms with van der Waals surface area (Å²) in [6.45, 7) is 0. The first kappa shape index (κ1) is 10.8. The first-order valence-electron chi connectivity index (χ1n) is 6.09. The van der Waals surface area contributed by atoms with E-state index in [9.17, 15) is 0 Å². The van der Waals surface area contributed by atoms with Crippen molar-refractivity contribution in [1.29, 1.82) is 0 Å². The maximum atomic E-state index is 5.62. The lowest BCUT2D eigenvalue weighted by Gasteiger charge is -2.03. The van der Waals surface area contributed by atoms with Gasteiger partial charge in [0.2, 0.25) is 0 Å². The molecule has 0 aliphatic rings. The van der Waals surface area contributed by atoms with Crippen molar-refractivity contribution in [3.63, 3.8) is 0 Å². The second-order valence-electron chi connectivity index (χ2n) is 4.30. The Morgan fingerprint density at radius 2 is 1.39 bits per heavy atom. The number of rotatable bonds is 3. The number of hydrogen-bond acceptors (Lipinski definition) is 1. The van der Waals surface area contributed by atoms with Gasteiger partial charge in [-0.2, -0.15) is 0 Å². The van der Waals surface area contributed by atoms with Crippen LogP contribution < -0.4 is 0 Å². The molecule has 0 fully saturated rings. The van der Waals surface area contributed by atoms with Crippen LogP contribution in [0.15, 0.2) is 77.4 Å². The molecule has 1 nitrogen and oxygen atoms in total. The van der Waals surface area contributed by atoms with Gasteiger partial charge in [-0.3, -0.25) is 0 Å². The summed E-state index contributed by atoms with van der Waals surface area (Å²) >= 11 is 0. The van der Waals surface area contributed by atoms with Crippen LogP contribution in [0.2, 0.25) is 0 Å². The minimum absolute atomic E-state index is 0.904. The summed E-state index contributed by atoms with van der Waals surface area (Å²) in [6, 6.07) is 22.7. The molecular formula is C17H14O. The molecule has 0 amide bonds. The third-order valence-corrected chi connectivity index (χ3v) is 3.02. The van der Waals surface area contributed by atoms with Crippen LogP contribution in [-0.4, -0.2) is 0 Å². The Kier molecular flexibility index (Phi) is 2.97. The minimum atomic E-state index is 0.904. The summed E-state index contributed by atoms with van der Waals surface area (Å²) in [7, 11) is 0. The fraction of sp³-hybridized carbons (Fsp3) is 0.0588. The molecule has 3 rings (SSSR count). The van der Waals surface area contributed by atoms with Crippen LogP contribution in [0.5, 0.6) is 0 Å². The highest BCUT2D eigenvalue weighted by Crippen LogP contribution is 2.26. The summed E-state index contributed by atoms with van der Waals surface area (Å²) in [6.07, 6.45) is 2.67. The lowest BCUT2D eigenvalue weighted by molar-refractivity contribution is 0.580. The molecule has 0 bridgehead atoms. The average Bonchev–Trinajstić information content (AvgIpc) is 2.89. The Morgan fingerprint density at radius 3 is 2.11 bits per heavy atom. The molecule has 1 heteroatoms. The van der Waals surface area contributed by atoms with E-state index in [0.717, 1.165) is 17.7 Å². The van der Waals surface area contributed by atoms with Gasteiger partial charge in [-0.25, -0.2) is 0 Å². The molecule has 0 saturated heterocycles. The first-order valence-corrected chi connectivity index (χ1v) is 6.09. The molecule has 1 heterocycles. The molecule has 3 aromatic rings. The Balaban J connectivity index is 1.93. The summed E-state index contributed by atoms with van der Waals surface area (Å²) in [5.41, 5.74) is 3.66. The molecule has 0 radical (unpaired) electrons. The summed E-state index contributed by atoms with van der Waals surface area (Å²) in [5.74, 6) is 0.972. The molecule has 88 valence electrons. The van der Waals surface area contributed by atoms with Gasteiger partial charge in [-0.05, 0) is 11.6 Å². The maximum absolute atomic E-state index is 5.62. The largest absolute Gasteiger partial charge is 0.464 e. The highest BCUT2D eigenvalue weighted by atomic mass is 16.3. The fourth-order valence-electron chi connectivity index (χ4n) is 2.13. The molecule has 0 spiro atoms. The predicted molar refractivity (Wildman–Crippen MR) is 73.4 cm³/mol. The van der Waals surface area contributed by atoms with Crippen molar-refractivity contribution in [3.8, 4) is 11.3 Å². The Morgan fingerprint density at radius 1 is 0.722 bits per heavy atom. The quantitative estimate of drug-likeness (QED) is 0.648. The molecule has 18 heavy (non-hydrogen) atoms. The zero-order valence-electron chi connectivity index (χ0n) is 10.0. The van der Waals surface area contributed by atoms with Crippen LogP contribution in [0.4, 0.5) is 0 Å². The highest BCUT2D eigenvalue weighted by Gasteiger charge is 2.08. The van der Waals surface area contributed by atoms with Crippen LogP contribution >= 0.6 is 0 Å². The standard InChI is InChI=1S/C17H14O/c1-3-7-14(8-4-1)13-16-11-12-18-17(16)15-9-5-2-6-10-15/h1-12H,13H2. The lowest BCUT2D eigenvalue weighted by atomic mass is 10.0. The van der Waals surface area contributed by atoms with E-state index in [-0.39, 0.29) is 0 Å². The van der Waals surface area contributed by atoms with Gasteiger partial charge in [-0.1, -0.05) is 60.7 Å². The van der Waals surface area contributed by atoms with E-state index < -0.39 is 0 Å². The summed E-state index contributed by atoms with van der Waals surface area (Å²) < 4.78 is 5.62. The lowest BCUT2D eigenvalue weighted by Crippen LogP contribution is -1.88. The van der Waals surface area contributed by atoms with Crippen LogP contribution in [0.1, 0.15) is 11.1 Å². The van der Waals surface area contributed by atoms with Crippen molar-refractivity contribution in [3.05, 3.63) is 84.1 Å². The molecule has 0 aliphatic carbocycles. The van der Waals surface area contributed by atoms with Crippen molar-refractivity contribution in [2.45, 2.75) is 6.42 Å². The van der Waals surface area contributed by atoms with Crippen LogP contribution in [0, 0.1) is 0 Å². The SMILES string of the molecule is c1ccc(Cc2ccoc2-c2ccccc2)cc1. The van der Waals surface area contributed by atoms with E-state index in [4.69, 9.17) is 4.42 Å². The molecule has 0 saturated carbocycles. The van der Waals surface area contributed by atoms with Gasteiger partial charge in [0.25, 0.3) is 0 Å². The van der Waals surface area contributed by atoms with Gasteiger partial charge in [-0.15, -0.1) is 0 Å². The Bertz CT molecular complexity index is 608. The van der Waals surface area contributed by atoms with Gasteiger partial charge in [0, 0.05) is 17.5 Å². The maximum Gasteiger partial charge on any atom is 0.137 e. The van der Waals surface area contributed by atoms with E-state index >= 15 is 0 Å². The minimum Gasteiger partial charge on any atom is -0.464 e.